The molecular weight excluding hydrogens is 294 g/mol. The summed E-state index contributed by atoms with van der Waals surface area (Å²) < 4.78 is 5.31. The third-order valence-electron chi connectivity index (χ3n) is 3.59. The Kier molecular flexibility index (Phi) is 5.18. The number of carbonyl (C=O) groups excluding carboxylic acids is 1. The summed E-state index contributed by atoms with van der Waals surface area (Å²) in [5.74, 6) is 0.553. The van der Waals surface area contributed by atoms with E-state index < -0.39 is 0 Å². The molecule has 6 heteroatoms. The molecule has 2 aromatic rings. The van der Waals surface area contributed by atoms with Crippen LogP contribution >= 0.6 is 0 Å². The molecule has 1 saturated heterocycles. The topological polar surface area (TPSA) is 63.7 Å². The minimum atomic E-state index is -0.304. The van der Waals surface area contributed by atoms with Crippen LogP contribution in [0.4, 0.5) is 5.82 Å². The van der Waals surface area contributed by atoms with Gasteiger partial charge in [0.1, 0.15) is 5.82 Å². The predicted octanol–water partition coefficient (Wildman–Crippen LogP) is 1.78. The highest BCUT2D eigenvalue weighted by atomic mass is 16.6. The Morgan fingerprint density at radius 3 is 2.65 bits per heavy atom. The van der Waals surface area contributed by atoms with Gasteiger partial charge in [0.05, 0.1) is 25.4 Å². The molecule has 23 heavy (non-hydrogen) atoms. The maximum Gasteiger partial charge on any atom is 0.276 e. The Morgan fingerprint density at radius 1 is 1.17 bits per heavy atom. The minimum absolute atomic E-state index is 0.304. The first kappa shape index (κ1) is 15.5. The highest BCUT2D eigenvalue weighted by molar-refractivity contribution is 5.93. The number of morpholine rings is 1. The second-order valence-electron chi connectivity index (χ2n) is 5.21. The molecule has 1 fully saturated rings. The van der Waals surface area contributed by atoms with Gasteiger partial charge in [-0.05, 0) is 17.7 Å². The van der Waals surface area contributed by atoms with Crippen molar-refractivity contribution in [1.29, 1.82) is 0 Å². The average Bonchev–Trinajstić information content (AvgIpc) is 2.63. The van der Waals surface area contributed by atoms with Gasteiger partial charge >= 0.3 is 0 Å². The van der Waals surface area contributed by atoms with E-state index in [0.717, 1.165) is 24.5 Å². The number of aromatic nitrogens is 1. The van der Waals surface area contributed by atoms with Gasteiger partial charge < -0.3 is 9.64 Å². The van der Waals surface area contributed by atoms with Crippen molar-refractivity contribution in [3.63, 3.8) is 0 Å². The molecule has 6 nitrogen and oxygen atoms in total. The molecular formula is C17H19N3O3. The quantitative estimate of drug-likeness (QED) is 0.853. The van der Waals surface area contributed by atoms with Crippen molar-refractivity contribution >= 4 is 11.7 Å². The van der Waals surface area contributed by atoms with Gasteiger partial charge in [0, 0.05) is 19.3 Å². The second-order valence-corrected chi connectivity index (χ2v) is 5.21. The van der Waals surface area contributed by atoms with Gasteiger partial charge in [-0.25, -0.2) is 10.5 Å². The van der Waals surface area contributed by atoms with E-state index in [1.165, 1.54) is 0 Å². The summed E-state index contributed by atoms with van der Waals surface area (Å²) in [6.07, 6.45) is 1.56. The number of hydrogen-bond donors (Lipinski definition) is 1. The molecule has 1 aromatic heterocycles. The molecule has 0 spiro atoms. The maximum absolute atomic E-state index is 12.0. The number of amides is 1. The van der Waals surface area contributed by atoms with Crippen molar-refractivity contribution in [2.75, 3.05) is 31.2 Å². The van der Waals surface area contributed by atoms with Crippen molar-refractivity contribution in [2.45, 2.75) is 6.61 Å². The zero-order valence-electron chi connectivity index (χ0n) is 12.8. The summed E-state index contributed by atoms with van der Waals surface area (Å²) in [6.45, 7) is 3.37. The fraction of sp³-hybridized carbons (Fsp3) is 0.294. The second kappa shape index (κ2) is 7.71. The molecule has 0 saturated carbocycles. The molecule has 1 aliphatic rings. The van der Waals surface area contributed by atoms with Crippen LogP contribution in [0.1, 0.15) is 15.9 Å². The highest BCUT2D eigenvalue weighted by Gasteiger charge is 2.13. The third kappa shape index (κ3) is 4.28. The lowest BCUT2D eigenvalue weighted by Gasteiger charge is -2.27. The van der Waals surface area contributed by atoms with Gasteiger partial charge in [-0.2, -0.15) is 0 Å². The molecule has 0 radical (unpaired) electrons. The van der Waals surface area contributed by atoms with E-state index in [1.54, 1.807) is 12.3 Å². The minimum Gasteiger partial charge on any atom is -0.378 e. The first-order chi connectivity index (χ1) is 11.3. The van der Waals surface area contributed by atoms with Crippen LogP contribution in [0.25, 0.3) is 0 Å². The van der Waals surface area contributed by atoms with Crippen molar-refractivity contribution in [2.24, 2.45) is 0 Å². The largest absolute Gasteiger partial charge is 0.378 e. The van der Waals surface area contributed by atoms with Crippen LogP contribution in [-0.4, -0.2) is 37.2 Å². The number of rotatable bonds is 5. The van der Waals surface area contributed by atoms with E-state index in [1.807, 2.05) is 36.4 Å². The standard InChI is InChI=1S/C17H19N3O3/c21-17(19-23-13-14-4-2-1-3-5-14)15-6-7-16(18-12-15)20-8-10-22-11-9-20/h1-7,12H,8-11,13H2,(H,19,21). The number of pyridine rings is 1. The Morgan fingerprint density at radius 2 is 1.96 bits per heavy atom. The fourth-order valence-electron chi connectivity index (χ4n) is 2.32. The molecule has 1 N–H and O–H groups in total. The van der Waals surface area contributed by atoms with Crippen LogP contribution in [0.3, 0.4) is 0 Å². The number of carbonyl (C=O) groups is 1. The number of benzene rings is 1. The van der Waals surface area contributed by atoms with E-state index in [2.05, 4.69) is 15.4 Å². The number of anilines is 1. The number of nitrogens with zero attached hydrogens (tertiary/aromatic N) is 2. The summed E-state index contributed by atoms with van der Waals surface area (Å²) in [6, 6.07) is 13.2. The van der Waals surface area contributed by atoms with E-state index >= 15 is 0 Å². The van der Waals surface area contributed by atoms with Crippen LogP contribution < -0.4 is 10.4 Å². The SMILES string of the molecule is O=C(NOCc1ccccc1)c1ccc(N2CCOCC2)nc1. The summed E-state index contributed by atoms with van der Waals surface area (Å²) in [5.41, 5.74) is 3.90. The highest BCUT2D eigenvalue weighted by Crippen LogP contribution is 2.13. The van der Waals surface area contributed by atoms with Gasteiger partial charge in [-0.1, -0.05) is 30.3 Å². The van der Waals surface area contributed by atoms with Gasteiger partial charge in [0.25, 0.3) is 5.91 Å². The van der Waals surface area contributed by atoms with Crippen molar-refractivity contribution in [3.8, 4) is 0 Å². The summed E-state index contributed by atoms with van der Waals surface area (Å²) in [5, 5.41) is 0. The molecule has 0 aliphatic carbocycles. The number of nitrogens with one attached hydrogen (secondary N) is 1. The molecule has 0 bridgehead atoms. The summed E-state index contributed by atoms with van der Waals surface area (Å²) in [4.78, 5) is 23.7. The fourth-order valence-corrected chi connectivity index (χ4v) is 2.32. The zero-order chi connectivity index (χ0) is 15.9. The lowest BCUT2D eigenvalue weighted by atomic mass is 10.2. The van der Waals surface area contributed by atoms with Gasteiger partial charge in [0.2, 0.25) is 0 Å². The molecule has 3 rings (SSSR count). The monoisotopic (exact) mass is 313 g/mol. The van der Waals surface area contributed by atoms with Gasteiger partial charge in [-0.3, -0.25) is 9.63 Å². The Hall–Kier alpha value is -2.44. The first-order valence-corrected chi connectivity index (χ1v) is 7.58. The number of hydroxylamine groups is 1. The zero-order valence-corrected chi connectivity index (χ0v) is 12.8. The third-order valence-corrected chi connectivity index (χ3v) is 3.59. The Balaban J connectivity index is 1.51. The van der Waals surface area contributed by atoms with E-state index in [0.29, 0.717) is 25.4 Å². The molecule has 0 unspecified atom stereocenters. The normalized spacial score (nSPS) is 14.5. The van der Waals surface area contributed by atoms with Crippen molar-refractivity contribution in [1.82, 2.24) is 10.5 Å². The summed E-state index contributed by atoms with van der Waals surface area (Å²) >= 11 is 0. The number of ether oxygens (including phenoxy) is 1. The Bertz CT molecular complexity index is 625. The molecule has 0 atom stereocenters. The lowest BCUT2D eigenvalue weighted by molar-refractivity contribution is 0.0233. The van der Waals surface area contributed by atoms with Crippen LogP contribution in [0.2, 0.25) is 0 Å². The van der Waals surface area contributed by atoms with Crippen molar-refractivity contribution < 1.29 is 14.4 Å². The summed E-state index contributed by atoms with van der Waals surface area (Å²) in [7, 11) is 0. The van der Waals surface area contributed by atoms with E-state index in [9.17, 15) is 4.79 Å². The first-order valence-electron chi connectivity index (χ1n) is 7.58. The molecule has 1 amide bonds. The van der Waals surface area contributed by atoms with Crippen LogP contribution in [0, 0.1) is 0 Å². The molecule has 1 aromatic carbocycles. The van der Waals surface area contributed by atoms with Gasteiger partial charge in [-0.15, -0.1) is 0 Å². The smallest absolute Gasteiger partial charge is 0.276 e. The van der Waals surface area contributed by atoms with Crippen LogP contribution in [0.15, 0.2) is 48.7 Å². The van der Waals surface area contributed by atoms with Crippen LogP contribution in [-0.2, 0) is 16.2 Å². The predicted molar refractivity (Wildman–Crippen MR) is 86.0 cm³/mol. The Labute approximate surface area is 135 Å². The van der Waals surface area contributed by atoms with E-state index in [-0.39, 0.29) is 5.91 Å². The maximum atomic E-state index is 12.0. The van der Waals surface area contributed by atoms with E-state index in [4.69, 9.17) is 9.57 Å². The lowest BCUT2D eigenvalue weighted by Crippen LogP contribution is -2.36. The van der Waals surface area contributed by atoms with Crippen molar-refractivity contribution in [3.05, 3.63) is 59.8 Å². The van der Waals surface area contributed by atoms with Gasteiger partial charge in [0.15, 0.2) is 0 Å². The molecule has 1 aliphatic heterocycles. The van der Waals surface area contributed by atoms with Crippen LogP contribution in [0.5, 0.6) is 0 Å². The number of hydrogen-bond acceptors (Lipinski definition) is 5. The average molecular weight is 313 g/mol. The molecule has 2 heterocycles. The molecule has 120 valence electrons.